The number of halogens is 1. The third-order valence-electron chi connectivity index (χ3n) is 2.43. The molecule has 0 saturated carbocycles. The second-order valence-electron chi connectivity index (χ2n) is 3.48. The van der Waals surface area contributed by atoms with E-state index in [-0.39, 0.29) is 5.69 Å². The number of rotatable bonds is 3. The summed E-state index contributed by atoms with van der Waals surface area (Å²) in [6, 6.07) is 3.50. The van der Waals surface area contributed by atoms with Crippen molar-refractivity contribution >= 4 is 23.1 Å². The van der Waals surface area contributed by atoms with Crippen LogP contribution in [0.25, 0.3) is 5.52 Å². The number of nitrogens with two attached hydrogens (primary N) is 1. The van der Waals surface area contributed by atoms with E-state index in [0.29, 0.717) is 29.3 Å². The Kier molecular flexibility index (Phi) is 3.31. The number of imidazole rings is 1. The molecule has 0 bridgehead atoms. The molecular weight excluding hydrogens is 242 g/mol. The van der Waals surface area contributed by atoms with E-state index in [4.69, 9.17) is 17.3 Å². The Hall–Kier alpha value is -1.59. The summed E-state index contributed by atoms with van der Waals surface area (Å²) in [5, 5.41) is 0.462. The van der Waals surface area contributed by atoms with Gasteiger partial charge in [0.25, 0.3) is 0 Å². The van der Waals surface area contributed by atoms with Gasteiger partial charge in [0.05, 0.1) is 17.6 Å². The number of nitrogens with zero attached hydrogens (tertiary/aromatic N) is 2. The maximum Gasteiger partial charge on any atom is 0.358 e. The molecular formula is C11H12ClN3O2. The van der Waals surface area contributed by atoms with Gasteiger partial charge >= 0.3 is 5.97 Å². The highest BCUT2D eigenvalue weighted by molar-refractivity contribution is 6.34. The Morgan fingerprint density at radius 2 is 2.41 bits per heavy atom. The molecule has 5 nitrogen and oxygen atoms in total. The third-order valence-corrected chi connectivity index (χ3v) is 2.74. The molecule has 0 aromatic carbocycles. The van der Waals surface area contributed by atoms with E-state index in [1.54, 1.807) is 22.7 Å². The van der Waals surface area contributed by atoms with Crippen LogP contribution < -0.4 is 5.73 Å². The van der Waals surface area contributed by atoms with Gasteiger partial charge in [-0.05, 0) is 18.7 Å². The van der Waals surface area contributed by atoms with Crippen molar-refractivity contribution in [2.24, 2.45) is 5.73 Å². The van der Waals surface area contributed by atoms with Gasteiger partial charge in [-0.1, -0.05) is 11.6 Å². The number of carbonyl (C=O) groups excluding carboxylic acids is 1. The number of ether oxygens (including phenoxy) is 1. The summed E-state index contributed by atoms with van der Waals surface area (Å²) in [6.07, 6.45) is 2.37. The number of esters is 1. The van der Waals surface area contributed by atoms with Crippen LogP contribution in [0.4, 0.5) is 0 Å². The summed E-state index contributed by atoms with van der Waals surface area (Å²) < 4.78 is 6.45. The van der Waals surface area contributed by atoms with Crippen molar-refractivity contribution in [2.45, 2.75) is 6.42 Å². The van der Waals surface area contributed by atoms with Crippen LogP contribution in [0.5, 0.6) is 0 Å². The standard InChI is InChI=1S/C11H12ClN3O2/c1-17-11(16)9-10-7(12)3-2-6-15(10)8(14-9)4-5-13/h2-3,6H,4-5,13H2,1H3. The molecule has 6 heteroatoms. The Balaban J connectivity index is 2.71. The van der Waals surface area contributed by atoms with E-state index in [9.17, 15) is 4.79 Å². The first-order chi connectivity index (χ1) is 8.19. The molecule has 2 heterocycles. The number of aromatic nitrogens is 2. The molecule has 0 radical (unpaired) electrons. The van der Waals surface area contributed by atoms with Gasteiger partial charge in [0.15, 0.2) is 5.69 Å². The lowest BCUT2D eigenvalue weighted by Gasteiger charge is -2.00. The van der Waals surface area contributed by atoms with Crippen LogP contribution in [-0.4, -0.2) is 29.0 Å². The van der Waals surface area contributed by atoms with Crippen LogP contribution in [0, 0.1) is 0 Å². The normalized spacial score (nSPS) is 10.8. The number of methoxy groups -OCH3 is 1. The Bertz CT molecular complexity index is 565. The quantitative estimate of drug-likeness (QED) is 0.837. The second kappa shape index (κ2) is 4.73. The van der Waals surface area contributed by atoms with Crippen LogP contribution >= 0.6 is 11.6 Å². The maximum atomic E-state index is 11.6. The van der Waals surface area contributed by atoms with Gasteiger partial charge in [-0.2, -0.15) is 0 Å². The lowest BCUT2D eigenvalue weighted by molar-refractivity contribution is 0.0597. The fourth-order valence-corrected chi connectivity index (χ4v) is 1.96. The van der Waals surface area contributed by atoms with Gasteiger partial charge < -0.3 is 14.9 Å². The highest BCUT2D eigenvalue weighted by atomic mass is 35.5. The van der Waals surface area contributed by atoms with E-state index in [2.05, 4.69) is 9.72 Å². The van der Waals surface area contributed by atoms with E-state index >= 15 is 0 Å². The molecule has 0 atom stereocenters. The second-order valence-corrected chi connectivity index (χ2v) is 3.89. The predicted octanol–water partition coefficient (Wildman–Crippen LogP) is 1.28. The molecule has 2 aromatic heterocycles. The number of carbonyl (C=O) groups is 1. The SMILES string of the molecule is COC(=O)c1nc(CCN)n2cccc(Cl)c12. The third kappa shape index (κ3) is 1.99. The molecule has 0 saturated heterocycles. The molecule has 0 fully saturated rings. The first-order valence-electron chi connectivity index (χ1n) is 5.13. The lowest BCUT2D eigenvalue weighted by atomic mass is 10.3. The number of fused-ring (bicyclic) bond motifs is 1. The molecule has 0 aliphatic carbocycles. The van der Waals surface area contributed by atoms with Crippen LogP contribution in [0.15, 0.2) is 18.3 Å². The Labute approximate surface area is 103 Å². The minimum atomic E-state index is -0.501. The average molecular weight is 254 g/mol. The molecule has 2 rings (SSSR count). The van der Waals surface area contributed by atoms with Gasteiger partial charge in [0.1, 0.15) is 5.82 Å². The molecule has 0 spiro atoms. The Morgan fingerprint density at radius 3 is 3.06 bits per heavy atom. The minimum Gasteiger partial charge on any atom is -0.464 e. The fourth-order valence-electron chi connectivity index (χ4n) is 1.70. The largest absolute Gasteiger partial charge is 0.464 e. The van der Waals surface area contributed by atoms with Gasteiger partial charge in [-0.3, -0.25) is 0 Å². The summed E-state index contributed by atoms with van der Waals surface area (Å²) in [5.41, 5.74) is 6.29. The van der Waals surface area contributed by atoms with Crippen molar-refractivity contribution in [3.63, 3.8) is 0 Å². The van der Waals surface area contributed by atoms with E-state index in [0.717, 1.165) is 0 Å². The van der Waals surface area contributed by atoms with Crippen molar-refractivity contribution in [1.82, 2.24) is 9.38 Å². The summed E-state index contributed by atoms with van der Waals surface area (Å²) in [4.78, 5) is 15.8. The van der Waals surface area contributed by atoms with Gasteiger partial charge in [-0.25, -0.2) is 9.78 Å². The molecule has 0 aliphatic rings. The van der Waals surface area contributed by atoms with E-state index in [1.165, 1.54) is 7.11 Å². The molecule has 2 aromatic rings. The summed E-state index contributed by atoms with van der Waals surface area (Å²) in [7, 11) is 1.31. The molecule has 90 valence electrons. The lowest BCUT2D eigenvalue weighted by Crippen LogP contribution is -2.06. The zero-order valence-corrected chi connectivity index (χ0v) is 10.1. The van der Waals surface area contributed by atoms with Crippen molar-refractivity contribution in [3.05, 3.63) is 34.9 Å². The fraction of sp³-hybridized carbons (Fsp3) is 0.273. The van der Waals surface area contributed by atoms with Gasteiger partial charge in [0.2, 0.25) is 0 Å². The number of pyridine rings is 1. The minimum absolute atomic E-state index is 0.224. The van der Waals surface area contributed by atoms with Crippen molar-refractivity contribution in [3.8, 4) is 0 Å². The summed E-state index contributed by atoms with van der Waals surface area (Å²) in [6.45, 7) is 0.451. The van der Waals surface area contributed by atoms with Crippen LogP contribution in [0.2, 0.25) is 5.02 Å². The van der Waals surface area contributed by atoms with E-state index < -0.39 is 5.97 Å². The topological polar surface area (TPSA) is 69.6 Å². The smallest absolute Gasteiger partial charge is 0.358 e. The van der Waals surface area contributed by atoms with Crippen LogP contribution in [0.1, 0.15) is 16.3 Å². The van der Waals surface area contributed by atoms with Crippen LogP contribution in [-0.2, 0) is 11.2 Å². The number of hydrogen-bond donors (Lipinski definition) is 1. The molecule has 2 N–H and O–H groups in total. The summed E-state index contributed by atoms with van der Waals surface area (Å²) in [5.74, 6) is 0.198. The predicted molar refractivity (Wildman–Crippen MR) is 64.3 cm³/mol. The highest BCUT2D eigenvalue weighted by Gasteiger charge is 2.19. The van der Waals surface area contributed by atoms with Gasteiger partial charge in [0, 0.05) is 12.6 Å². The van der Waals surface area contributed by atoms with E-state index in [1.807, 2.05) is 0 Å². The number of hydrogen-bond acceptors (Lipinski definition) is 4. The van der Waals surface area contributed by atoms with Gasteiger partial charge in [-0.15, -0.1) is 0 Å². The average Bonchev–Trinajstić information content (AvgIpc) is 2.69. The first-order valence-corrected chi connectivity index (χ1v) is 5.50. The maximum absolute atomic E-state index is 11.6. The zero-order chi connectivity index (χ0) is 12.4. The van der Waals surface area contributed by atoms with Crippen molar-refractivity contribution < 1.29 is 9.53 Å². The molecule has 0 unspecified atom stereocenters. The highest BCUT2D eigenvalue weighted by Crippen LogP contribution is 2.23. The molecule has 0 aliphatic heterocycles. The van der Waals surface area contributed by atoms with Crippen molar-refractivity contribution in [1.29, 1.82) is 0 Å². The zero-order valence-electron chi connectivity index (χ0n) is 9.31. The molecule has 17 heavy (non-hydrogen) atoms. The Morgan fingerprint density at radius 1 is 1.65 bits per heavy atom. The van der Waals surface area contributed by atoms with Crippen molar-refractivity contribution in [2.75, 3.05) is 13.7 Å². The monoisotopic (exact) mass is 253 g/mol. The molecule has 0 amide bonds. The van der Waals surface area contributed by atoms with Crippen LogP contribution in [0.3, 0.4) is 0 Å². The first kappa shape index (κ1) is 11.9. The summed E-state index contributed by atoms with van der Waals surface area (Å²) >= 11 is 6.08.